The van der Waals surface area contributed by atoms with Gasteiger partial charge in [-0.3, -0.25) is 19.7 Å². The molecule has 4 rings (SSSR count). The number of esters is 1. The number of nitro benzene ring substituents is 1. The number of benzene rings is 1. The number of Topliss-reactive ketones (excluding diaryl/α,β-unsaturated/α-hetero) is 1. The lowest BCUT2D eigenvalue weighted by Gasteiger charge is -2.50. The molecular formula is C45H74N2O15. The first kappa shape index (κ1) is 51.9. The van der Waals surface area contributed by atoms with E-state index in [0.29, 0.717) is 12.0 Å². The lowest BCUT2D eigenvalue weighted by atomic mass is 9.74. The number of aliphatic hydroxyl groups is 3. The lowest BCUT2D eigenvalue weighted by molar-refractivity contribution is -0.384. The van der Waals surface area contributed by atoms with Crippen LogP contribution in [0.5, 0.6) is 0 Å². The van der Waals surface area contributed by atoms with Crippen LogP contribution in [0.25, 0.3) is 0 Å². The first-order chi connectivity index (χ1) is 28.8. The quantitative estimate of drug-likeness (QED) is 0.149. The number of nitro groups is 1. The fourth-order valence-corrected chi connectivity index (χ4v) is 9.66. The van der Waals surface area contributed by atoms with E-state index < -0.39 is 107 Å². The standard InChI is InChI=1S/C45H74N2O15/c1-15-33-45(10,52)38(49)26(4)35(48)24(2)21-44(9,56-14)40(27(5)36(28(6)41(51)60-33)61-34-22-43(8,55-13)39(50)29(7)59-34)62-42-37(32(46(11)12)20-25(3)58-42)57-23-30-16-18-31(19-17-30)47(53)54/h16-19,24-29,32-34,36-40,42,49-50,52H,15,20-23H2,1-14H3/t24-,25-,26+,27+,28-,29+,32+,33-,34+,36+,37-,38-,39+,40-,42+,43-,44+,45-/m1/s1. The summed E-state index contributed by atoms with van der Waals surface area (Å²) in [4.78, 5) is 41.6. The molecule has 0 aliphatic carbocycles. The topological polar surface area (TPSA) is 215 Å². The molecule has 1 aromatic rings. The predicted molar refractivity (Wildman–Crippen MR) is 227 cm³/mol. The Morgan fingerprint density at radius 2 is 1.48 bits per heavy atom. The van der Waals surface area contributed by atoms with Crippen molar-refractivity contribution in [3.63, 3.8) is 0 Å². The van der Waals surface area contributed by atoms with Crippen LogP contribution < -0.4 is 0 Å². The number of aliphatic hydroxyl groups excluding tert-OH is 2. The average molecular weight is 883 g/mol. The number of likely N-dealkylation sites (N-methyl/N-ethyl adjacent to an activating group) is 1. The fourth-order valence-electron chi connectivity index (χ4n) is 9.66. The van der Waals surface area contributed by atoms with Crippen molar-refractivity contribution < 1.29 is 67.7 Å². The third-order valence-electron chi connectivity index (χ3n) is 13.8. The number of hydrogen-bond acceptors (Lipinski definition) is 16. The molecule has 0 saturated carbocycles. The van der Waals surface area contributed by atoms with Crippen LogP contribution in [0.4, 0.5) is 5.69 Å². The van der Waals surface area contributed by atoms with Gasteiger partial charge < -0.3 is 58.1 Å². The van der Waals surface area contributed by atoms with E-state index in [-0.39, 0.29) is 49.5 Å². The Morgan fingerprint density at radius 1 is 0.871 bits per heavy atom. The Balaban J connectivity index is 1.88. The molecule has 0 amide bonds. The molecule has 0 bridgehead atoms. The third kappa shape index (κ3) is 11.4. The van der Waals surface area contributed by atoms with E-state index in [9.17, 15) is 35.0 Å². The van der Waals surface area contributed by atoms with Crippen LogP contribution in [0.3, 0.4) is 0 Å². The summed E-state index contributed by atoms with van der Waals surface area (Å²) in [5.41, 5.74) is -3.72. The Hall–Kier alpha value is -2.68. The van der Waals surface area contributed by atoms with E-state index in [1.54, 1.807) is 53.7 Å². The summed E-state index contributed by atoms with van der Waals surface area (Å²) in [6.45, 7) is 17.2. The molecule has 62 heavy (non-hydrogen) atoms. The van der Waals surface area contributed by atoms with Crippen molar-refractivity contribution in [3.8, 4) is 0 Å². The highest BCUT2D eigenvalue weighted by molar-refractivity contribution is 5.83. The van der Waals surface area contributed by atoms with Crippen LogP contribution in [0.15, 0.2) is 24.3 Å². The van der Waals surface area contributed by atoms with Gasteiger partial charge in [0.05, 0.1) is 59.2 Å². The van der Waals surface area contributed by atoms with Gasteiger partial charge in [-0.05, 0) is 92.6 Å². The van der Waals surface area contributed by atoms with Gasteiger partial charge in [0.15, 0.2) is 12.6 Å². The summed E-state index contributed by atoms with van der Waals surface area (Å²) in [6.07, 6.45) is -8.68. The molecule has 3 saturated heterocycles. The van der Waals surface area contributed by atoms with Crippen LogP contribution in [0.1, 0.15) is 100 Å². The summed E-state index contributed by atoms with van der Waals surface area (Å²) in [5, 5.41) is 45.8. The van der Waals surface area contributed by atoms with Crippen LogP contribution >= 0.6 is 0 Å². The molecule has 0 aromatic heterocycles. The summed E-state index contributed by atoms with van der Waals surface area (Å²) < 4.78 is 51.7. The van der Waals surface area contributed by atoms with Crippen molar-refractivity contribution in [1.82, 2.24) is 4.90 Å². The van der Waals surface area contributed by atoms with Gasteiger partial charge in [-0.15, -0.1) is 0 Å². The van der Waals surface area contributed by atoms with Gasteiger partial charge in [0.2, 0.25) is 0 Å². The molecule has 3 aliphatic heterocycles. The third-order valence-corrected chi connectivity index (χ3v) is 13.8. The van der Waals surface area contributed by atoms with Crippen molar-refractivity contribution in [1.29, 1.82) is 0 Å². The lowest BCUT2D eigenvalue weighted by Crippen LogP contribution is -2.61. The van der Waals surface area contributed by atoms with E-state index in [1.807, 2.05) is 39.8 Å². The zero-order chi connectivity index (χ0) is 46.6. The number of ketones is 1. The molecule has 3 heterocycles. The minimum absolute atomic E-state index is 0.0455. The van der Waals surface area contributed by atoms with Crippen molar-refractivity contribution >= 4 is 17.4 Å². The van der Waals surface area contributed by atoms with Gasteiger partial charge in [-0.1, -0.05) is 27.7 Å². The Morgan fingerprint density at radius 3 is 2.03 bits per heavy atom. The highest BCUT2D eigenvalue weighted by Gasteiger charge is 2.54. The van der Waals surface area contributed by atoms with Crippen molar-refractivity contribution in [2.75, 3.05) is 28.3 Å². The van der Waals surface area contributed by atoms with Crippen LogP contribution in [-0.4, -0.2) is 149 Å². The zero-order valence-electron chi connectivity index (χ0n) is 39.1. The van der Waals surface area contributed by atoms with Gasteiger partial charge in [-0.25, -0.2) is 0 Å². The Kier molecular flexibility index (Phi) is 17.7. The van der Waals surface area contributed by atoms with E-state index in [1.165, 1.54) is 33.3 Å². The minimum Gasteiger partial charge on any atom is -0.459 e. The van der Waals surface area contributed by atoms with Crippen molar-refractivity contribution in [2.45, 2.75) is 186 Å². The van der Waals surface area contributed by atoms with Gasteiger partial charge in [-0.2, -0.15) is 0 Å². The van der Waals surface area contributed by atoms with Crippen LogP contribution in [-0.2, 0) is 54.1 Å². The summed E-state index contributed by atoms with van der Waals surface area (Å²) in [7, 11) is 6.88. The number of rotatable bonds is 12. The monoisotopic (exact) mass is 883 g/mol. The molecular weight excluding hydrogens is 808 g/mol. The molecule has 3 fully saturated rings. The molecule has 0 radical (unpaired) electrons. The first-order valence-corrected chi connectivity index (χ1v) is 21.9. The number of non-ortho nitro benzene ring substituents is 1. The Labute approximate surface area is 367 Å². The number of methoxy groups -OCH3 is 2. The predicted octanol–water partition coefficient (Wildman–Crippen LogP) is 4.57. The number of cyclic esters (lactones) is 1. The van der Waals surface area contributed by atoms with Crippen LogP contribution in [0.2, 0.25) is 0 Å². The maximum atomic E-state index is 14.4. The van der Waals surface area contributed by atoms with Gasteiger partial charge in [0.25, 0.3) is 5.69 Å². The maximum absolute atomic E-state index is 14.4. The molecule has 0 spiro atoms. The smallest absolute Gasteiger partial charge is 0.311 e. The normalized spacial score (nSPS) is 42.9. The van der Waals surface area contributed by atoms with E-state index in [4.69, 9.17) is 37.9 Å². The molecule has 0 unspecified atom stereocenters. The number of ether oxygens (including phenoxy) is 8. The second-order valence-electron chi connectivity index (χ2n) is 18.8. The average Bonchev–Trinajstić information content (AvgIpc) is 3.23. The van der Waals surface area contributed by atoms with E-state index in [0.717, 1.165) is 0 Å². The minimum atomic E-state index is -2.00. The van der Waals surface area contributed by atoms with Gasteiger partial charge in [0.1, 0.15) is 29.7 Å². The van der Waals surface area contributed by atoms with Gasteiger partial charge >= 0.3 is 5.97 Å². The SMILES string of the molecule is CC[C@H]1OC(=O)[C@H](C)[C@@H](O[C@H]2C[C@@](C)(OC)[C@@H](O)[C@H](C)O2)[C@H](C)[C@@H](O[C@@H]2O[C@H](C)C[C@H](N(C)C)[C@H]2OCc2ccc([N+](=O)[O-])cc2)[C@@](C)(OC)C[C@@H](C)C(=O)[C@H](C)[C@@H](O)[C@]1(C)O. The van der Waals surface area contributed by atoms with E-state index in [2.05, 4.69) is 0 Å². The van der Waals surface area contributed by atoms with Crippen molar-refractivity contribution in [3.05, 3.63) is 39.9 Å². The van der Waals surface area contributed by atoms with Crippen LogP contribution in [0, 0.1) is 33.8 Å². The Bertz CT molecular complexity index is 1650. The highest BCUT2D eigenvalue weighted by Crippen LogP contribution is 2.42. The summed E-state index contributed by atoms with van der Waals surface area (Å²) >= 11 is 0. The second kappa shape index (κ2) is 21.1. The van der Waals surface area contributed by atoms with Crippen molar-refractivity contribution in [2.24, 2.45) is 23.7 Å². The maximum Gasteiger partial charge on any atom is 0.311 e. The fraction of sp³-hybridized carbons (Fsp3) is 0.822. The molecule has 17 heteroatoms. The first-order valence-electron chi connectivity index (χ1n) is 21.9. The molecule has 1 aromatic carbocycles. The molecule has 354 valence electrons. The van der Waals surface area contributed by atoms with E-state index >= 15 is 0 Å². The molecule has 17 nitrogen and oxygen atoms in total. The summed E-state index contributed by atoms with van der Waals surface area (Å²) in [5.74, 6) is -4.67. The number of carbonyl (C=O) groups excluding carboxylic acids is 2. The van der Waals surface area contributed by atoms with Gasteiger partial charge in [0, 0.05) is 56.6 Å². The number of carbonyl (C=O) groups is 2. The number of nitrogens with zero attached hydrogens (tertiary/aromatic N) is 2. The number of hydrogen-bond donors (Lipinski definition) is 3. The molecule has 3 aliphatic rings. The molecule has 3 N–H and O–H groups in total. The second-order valence-corrected chi connectivity index (χ2v) is 18.8. The summed E-state index contributed by atoms with van der Waals surface area (Å²) in [6, 6.07) is 5.89. The highest BCUT2D eigenvalue weighted by atomic mass is 16.7. The molecule has 18 atom stereocenters. The zero-order valence-corrected chi connectivity index (χ0v) is 39.1. The largest absolute Gasteiger partial charge is 0.459 e.